The summed E-state index contributed by atoms with van der Waals surface area (Å²) in [5.41, 5.74) is 6.46. The van der Waals surface area contributed by atoms with E-state index in [1.807, 2.05) is 33.0 Å². The summed E-state index contributed by atoms with van der Waals surface area (Å²) in [5, 5.41) is 22.4. The third-order valence-corrected chi connectivity index (χ3v) is 7.66. The van der Waals surface area contributed by atoms with Gasteiger partial charge in [-0.1, -0.05) is 16.8 Å². The van der Waals surface area contributed by atoms with Crippen LogP contribution in [0.1, 0.15) is 47.2 Å². The zero-order valence-corrected chi connectivity index (χ0v) is 23.3. The number of nitrogens with one attached hydrogen (secondary N) is 1. The van der Waals surface area contributed by atoms with Gasteiger partial charge in [0.05, 0.1) is 46.5 Å². The molecule has 2 N–H and O–H groups in total. The SMILES string of the molecule is CNC[C@@H](O)COc1ccc(Cl)c(-c2nc(-c3c(C)noc3C)c(C)c(N3Cc4cnn(C5CC5)c4C3)n2)c1. The smallest absolute Gasteiger partial charge is 0.163 e. The molecule has 0 saturated heterocycles. The van der Waals surface area contributed by atoms with Crippen LogP contribution >= 0.6 is 11.6 Å². The number of anilines is 1. The number of hydrogen-bond acceptors (Lipinski definition) is 9. The van der Waals surface area contributed by atoms with Gasteiger partial charge in [0.15, 0.2) is 5.82 Å². The van der Waals surface area contributed by atoms with Crippen LogP contribution in [0.5, 0.6) is 5.75 Å². The van der Waals surface area contributed by atoms with E-state index in [0.29, 0.717) is 40.5 Å². The number of ether oxygens (including phenoxy) is 1. The lowest BCUT2D eigenvalue weighted by Gasteiger charge is -2.22. The van der Waals surface area contributed by atoms with E-state index >= 15 is 0 Å². The standard InChI is InChI=1S/C28H32ClN7O3/c1-15-26(25-16(2)34-39-17(25)3)32-27(22-9-21(7-8-23(22)29)38-14-20(37)11-30-4)33-28(15)35-12-18-10-31-36(19-5-6-19)24(18)13-35/h7-10,19-20,30,37H,5-6,11-14H2,1-4H3/t20-/m1/s1. The topological polar surface area (TPSA) is 114 Å². The van der Waals surface area contributed by atoms with E-state index in [0.717, 1.165) is 41.4 Å². The van der Waals surface area contributed by atoms with E-state index in [2.05, 4.69) is 25.2 Å². The van der Waals surface area contributed by atoms with Crippen molar-refractivity contribution < 1.29 is 14.4 Å². The summed E-state index contributed by atoms with van der Waals surface area (Å²) in [6, 6.07) is 5.89. The zero-order chi connectivity index (χ0) is 27.3. The van der Waals surface area contributed by atoms with Crippen molar-refractivity contribution in [2.75, 3.05) is 25.1 Å². The van der Waals surface area contributed by atoms with Crippen molar-refractivity contribution in [3.63, 3.8) is 0 Å². The quantitative estimate of drug-likeness (QED) is 0.314. The molecule has 1 fully saturated rings. The summed E-state index contributed by atoms with van der Waals surface area (Å²) in [6.45, 7) is 7.88. The first kappa shape index (κ1) is 25.8. The Morgan fingerprint density at radius 2 is 2.03 bits per heavy atom. The monoisotopic (exact) mass is 549 g/mol. The molecule has 1 saturated carbocycles. The number of likely N-dealkylation sites (N-methyl/N-ethyl adjacent to an activating group) is 1. The lowest BCUT2D eigenvalue weighted by atomic mass is 10.0. The van der Waals surface area contributed by atoms with Crippen molar-refractivity contribution in [1.82, 2.24) is 30.2 Å². The van der Waals surface area contributed by atoms with E-state index in [4.69, 9.17) is 30.8 Å². The molecule has 10 nitrogen and oxygen atoms in total. The minimum atomic E-state index is -0.633. The Bertz CT molecular complexity index is 1510. The molecule has 0 amide bonds. The van der Waals surface area contributed by atoms with Crippen LogP contribution in [0.2, 0.25) is 5.02 Å². The Kier molecular flexibility index (Phi) is 6.78. The van der Waals surface area contributed by atoms with Crippen molar-refractivity contribution in [3.05, 3.63) is 57.7 Å². The summed E-state index contributed by atoms with van der Waals surface area (Å²) in [7, 11) is 1.79. The molecule has 2 aliphatic rings. The fourth-order valence-corrected chi connectivity index (χ4v) is 5.41. The van der Waals surface area contributed by atoms with Crippen LogP contribution in [0.4, 0.5) is 5.82 Å². The van der Waals surface area contributed by atoms with Crippen LogP contribution in [0.25, 0.3) is 22.6 Å². The molecular formula is C28H32ClN7O3. The summed E-state index contributed by atoms with van der Waals surface area (Å²) < 4.78 is 13.5. The molecule has 4 aromatic rings. The van der Waals surface area contributed by atoms with Gasteiger partial charge in [0, 0.05) is 29.8 Å². The minimum absolute atomic E-state index is 0.149. The van der Waals surface area contributed by atoms with Crippen LogP contribution in [-0.4, -0.2) is 56.3 Å². The lowest BCUT2D eigenvalue weighted by molar-refractivity contribution is 0.108. The maximum atomic E-state index is 10.1. The van der Waals surface area contributed by atoms with Gasteiger partial charge in [-0.3, -0.25) is 4.68 Å². The number of aliphatic hydroxyl groups excluding tert-OH is 1. The lowest BCUT2D eigenvalue weighted by Crippen LogP contribution is -2.29. The Morgan fingerprint density at radius 3 is 2.74 bits per heavy atom. The second kappa shape index (κ2) is 10.3. The van der Waals surface area contributed by atoms with Gasteiger partial charge in [0.25, 0.3) is 0 Å². The van der Waals surface area contributed by atoms with E-state index in [1.54, 1.807) is 19.2 Å². The fourth-order valence-electron chi connectivity index (χ4n) is 5.21. The molecule has 39 heavy (non-hydrogen) atoms. The fraction of sp³-hybridized carbons (Fsp3) is 0.429. The molecule has 0 bridgehead atoms. The second-order valence-electron chi connectivity index (χ2n) is 10.4. The highest BCUT2D eigenvalue weighted by molar-refractivity contribution is 6.33. The average Bonchev–Trinajstić information content (AvgIpc) is 3.41. The van der Waals surface area contributed by atoms with Crippen molar-refractivity contribution >= 4 is 17.4 Å². The maximum absolute atomic E-state index is 10.1. The predicted molar refractivity (Wildman–Crippen MR) is 148 cm³/mol. The molecule has 0 spiro atoms. The van der Waals surface area contributed by atoms with Gasteiger partial charge in [-0.25, -0.2) is 9.97 Å². The first-order valence-corrected chi connectivity index (χ1v) is 13.6. The number of hydrogen-bond donors (Lipinski definition) is 2. The molecule has 204 valence electrons. The van der Waals surface area contributed by atoms with Gasteiger partial charge >= 0.3 is 0 Å². The Hall–Kier alpha value is -3.47. The number of aryl methyl sites for hydroxylation is 2. The van der Waals surface area contributed by atoms with E-state index in [1.165, 1.54) is 24.1 Å². The van der Waals surface area contributed by atoms with Gasteiger partial charge in [-0.2, -0.15) is 5.10 Å². The molecule has 3 aromatic heterocycles. The second-order valence-corrected chi connectivity index (χ2v) is 10.8. The minimum Gasteiger partial charge on any atom is -0.491 e. The van der Waals surface area contributed by atoms with Crippen LogP contribution in [0.3, 0.4) is 0 Å². The summed E-state index contributed by atoms with van der Waals surface area (Å²) in [6.07, 6.45) is 3.72. The molecule has 4 heterocycles. The van der Waals surface area contributed by atoms with Gasteiger partial charge < -0.3 is 24.6 Å². The molecule has 0 radical (unpaired) electrons. The number of fused-ring (bicyclic) bond motifs is 1. The molecular weight excluding hydrogens is 518 g/mol. The largest absolute Gasteiger partial charge is 0.491 e. The third kappa shape index (κ3) is 4.88. The van der Waals surface area contributed by atoms with E-state index in [9.17, 15) is 5.11 Å². The van der Waals surface area contributed by atoms with E-state index < -0.39 is 6.10 Å². The van der Waals surface area contributed by atoms with Gasteiger partial charge in [0.1, 0.15) is 30.0 Å². The number of rotatable bonds is 9. The highest BCUT2D eigenvalue weighted by Gasteiger charge is 2.33. The zero-order valence-electron chi connectivity index (χ0n) is 22.5. The van der Waals surface area contributed by atoms with Crippen LogP contribution in [0.15, 0.2) is 28.9 Å². The number of benzene rings is 1. The molecule has 1 aromatic carbocycles. The normalized spacial score (nSPS) is 15.6. The maximum Gasteiger partial charge on any atom is 0.163 e. The van der Waals surface area contributed by atoms with Gasteiger partial charge in [-0.05, 0) is 58.9 Å². The predicted octanol–water partition coefficient (Wildman–Crippen LogP) is 4.39. The first-order valence-electron chi connectivity index (χ1n) is 13.2. The number of aromatic nitrogens is 5. The molecule has 1 aliphatic carbocycles. The number of halogens is 1. The molecule has 0 unspecified atom stereocenters. The highest BCUT2D eigenvalue weighted by atomic mass is 35.5. The summed E-state index contributed by atoms with van der Waals surface area (Å²) >= 11 is 6.70. The first-order chi connectivity index (χ1) is 18.8. The highest BCUT2D eigenvalue weighted by Crippen LogP contribution is 2.41. The van der Waals surface area contributed by atoms with Crippen molar-refractivity contribution in [2.45, 2.75) is 58.8 Å². The Balaban J connectivity index is 1.42. The van der Waals surface area contributed by atoms with Crippen LogP contribution in [0, 0.1) is 20.8 Å². The molecule has 11 heteroatoms. The molecule has 1 atom stereocenters. The van der Waals surface area contributed by atoms with Gasteiger partial charge in [-0.15, -0.1) is 0 Å². The number of nitrogens with zero attached hydrogens (tertiary/aromatic N) is 6. The molecule has 6 rings (SSSR count). The Morgan fingerprint density at radius 1 is 1.21 bits per heavy atom. The van der Waals surface area contributed by atoms with Crippen molar-refractivity contribution in [1.29, 1.82) is 0 Å². The third-order valence-electron chi connectivity index (χ3n) is 7.33. The van der Waals surface area contributed by atoms with Crippen LogP contribution in [-0.2, 0) is 13.1 Å². The van der Waals surface area contributed by atoms with Crippen molar-refractivity contribution in [3.8, 4) is 28.4 Å². The van der Waals surface area contributed by atoms with Crippen LogP contribution < -0.4 is 15.0 Å². The summed E-state index contributed by atoms with van der Waals surface area (Å²) in [5.74, 6) is 2.59. The summed E-state index contributed by atoms with van der Waals surface area (Å²) in [4.78, 5) is 12.3. The molecule has 1 aliphatic heterocycles. The average molecular weight is 550 g/mol. The van der Waals surface area contributed by atoms with Gasteiger partial charge in [0.2, 0.25) is 0 Å². The van der Waals surface area contributed by atoms with Crippen molar-refractivity contribution in [2.24, 2.45) is 0 Å². The Labute approximate surface area is 232 Å². The number of aliphatic hydroxyl groups is 1. The van der Waals surface area contributed by atoms with E-state index in [-0.39, 0.29) is 6.61 Å².